The second-order valence-corrected chi connectivity index (χ2v) is 6.67. The molecule has 1 aromatic rings. The third kappa shape index (κ3) is 2.35. The largest absolute Gasteiger partial charge is 0.294 e. The average molecular weight is 256 g/mol. The van der Waals surface area contributed by atoms with Gasteiger partial charge < -0.3 is 0 Å². The highest BCUT2D eigenvalue weighted by molar-refractivity contribution is 6.01. The molecule has 0 aromatic heterocycles. The summed E-state index contributed by atoms with van der Waals surface area (Å²) >= 11 is 0. The zero-order chi connectivity index (χ0) is 13.3. The predicted molar refractivity (Wildman–Crippen MR) is 78.6 cm³/mol. The molecular weight excluding hydrogens is 232 g/mol. The van der Waals surface area contributed by atoms with Gasteiger partial charge in [0.15, 0.2) is 5.78 Å². The molecule has 1 heteroatoms. The maximum Gasteiger partial charge on any atom is 0.169 e. The molecule has 0 amide bonds. The van der Waals surface area contributed by atoms with Crippen LogP contribution in [0.15, 0.2) is 24.3 Å². The third-order valence-corrected chi connectivity index (χ3v) is 5.26. The minimum Gasteiger partial charge on any atom is -0.294 e. The van der Waals surface area contributed by atoms with Gasteiger partial charge in [0.05, 0.1) is 0 Å². The minimum absolute atomic E-state index is 0.0991. The molecule has 0 radical (unpaired) electrons. The van der Waals surface area contributed by atoms with Crippen molar-refractivity contribution in [3.05, 3.63) is 35.4 Å². The fraction of sp³-hybridized carbons (Fsp3) is 0.611. The number of ketones is 1. The first-order valence-electron chi connectivity index (χ1n) is 7.84. The molecule has 0 unspecified atom stereocenters. The van der Waals surface area contributed by atoms with E-state index in [0.717, 1.165) is 18.4 Å². The Labute approximate surface area is 116 Å². The summed E-state index contributed by atoms with van der Waals surface area (Å²) in [4.78, 5) is 13.0. The second kappa shape index (κ2) is 5.11. The lowest BCUT2D eigenvalue weighted by Crippen LogP contribution is -2.31. The molecule has 0 atom stereocenters. The Morgan fingerprint density at radius 2 is 1.74 bits per heavy atom. The van der Waals surface area contributed by atoms with Crippen LogP contribution in [0.25, 0.3) is 0 Å². The summed E-state index contributed by atoms with van der Waals surface area (Å²) in [7, 11) is 0. The summed E-state index contributed by atoms with van der Waals surface area (Å²) in [5.74, 6) is 1.06. The molecule has 3 rings (SSSR count). The topological polar surface area (TPSA) is 17.1 Å². The summed E-state index contributed by atoms with van der Waals surface area (Å²) in [5, 5.41) is 0. The summed E-state index contributed by atoms with van der Waals surface area (Å²) in [6, 6.07) is 8.37. The van der Waals surface area contributed by atoms with Crippen LogP contribution >= 0.6 is 0 Å². The van der Waals surface area contributed by atoms with Gasteiger partial charge in [0.2, 0.25) is 0 Å². The molecule has 102 valence electrons. The van der Waals surface area contributed by atoms with Gasteiger partial charge in [-0.15, -0.1) is 0 Å². The number of hydrogen-bond donors (Lipinski definition) is 0. The minimum atomic E-state index is -0.0991. The number of hydrogen-bond acceptors (Lipinski definition) is 1. The highest BCUT2D eigenvalue weighted by Gasteiger charge is 2.37. The average Bonchev–Trinajstić information content (AvgIpc) is 2.37. The lowest BCUT2D eigenvalue weighted by atomic mass is 9.68. The zero-order valence-electron chi connectivity index (χ0n) is 12.0. The molecule has 0 heterocycles. The molecule has 2 fully saturated rings. The van der Waals surface area contributed by atoms with Crippen LogP contribution in [0.2, 0.25) is 0 Å². The van der Waals surface area contributed by atoms with Gasteiger partial charge in [0, 0.05) is 11.0 Å². The van der Waals surface area contributed by atoms with Crippen molar-refractivity contribution in [2.24, 2.45) is 5.41 Å². The second-order valence-electron chi connectivity index (χ2n) is 6.67. The Morgan fingerprint density at radius 1 is 1.05 bits per heavy atom. The number of benzene rings is 1. The molecule has 0 spiro atoms. The molecule has 0 N–H and O–H groups in total. The van der Waals surface area contributed by atoms with Crippen LogP contribution in [-0.2, 0) is 0 Å². The third-order valence-electron chi connectivity index (χ3n) is 5.26. The lowest BCUT2D eigenvalue weighted by Gasteiger charge is -2.34. The van der Waals surface area contributed by atoms with Crippen LogP contribution in [0.3, 0.4) is 0 Å². The van der Waals surface area contributed by atoms with E-state index in [0.29, 0.717) is 11.7 Å². The van der Waals surface area contributed by atoms with E-state index in [1.807, 2.05) is 6.07 Å². The van der Waals surface area contributed by atoms with Crippen molar-refractivity contribution in [2.45, 2.75) is 64.2 Å². The van der Waals surface area contributed by atoms with E-state index in [2.05, 4.69) is 25.1 Å². The molecule has 2 aliphatic rings. The number of carbonyl (C=O) groups is 1. The first kappa shape index (κ1) is 12.9. The molecule has 2 saturated carbocycles. The molecule has 1 nitrogen and oxygen atoms in total. The fourth-order valence-electron chi connectivity index (χ4n) is 3.66. The summed E-state index contributed by atoms with van der Waals surface area (Å²) in [6.07, 6.45) is 9.73. The molecule has 2 aliphatic carbocycles. The van der Waals surface area contributed by atoms with E-state index in [4.69, 9.17) is 0 Å². The van der Waals surface area contributed by atoms with Crippen molar-refractivity contribution in [2.75, 3.05) is 0 Å². The molecule has 0 aliphatic heterocycles. The Morgan fingerprint density at radius 3 is 2.37 bits per heavy atom. The molecular formula is C18H24O. The van der Waals surface area contributed by atoms with Crippen LogP contribution in [0, 0.1) is 5.41 Å². The van der Waals surface area contributed by atoms with E-state index >= 15 is 0 Å². The van der Waals surface area contributed by atoms with Crippen molar-refractivity contribution >= 4 is 5.78 Å². The van der Waals surface area contributed by atoms with Crippen LogP contribution in [0.5, 0.6) is 0 Å². The maximum atomic E-state index is 13.0. The Balaban J connectivity index is 1.90. The van der Waals surface area contributed by atoms with Gasteiger partial charge in [0.25, 0.3) is 0 Å². The number of carbonyl (C=O) groups excluding carboxylic acids is 1. The van der Waals surface area contributed by atoms with E-state index < -0.39 is 0 Å². The van der Waals surface area contributed by atoms with Gasteiger partial charge in [-0.3, -0.25) is 4.79 Å². The van der Waals surface area contributed by atoms with Crippen LogP contribution < -0.4 is 0 Å². The standard InChI is InChI=1S/C18H24O/c1-18(12-5-2-6-13-18)17(19)16-11-4-3-10-15(16)14-8-7-9-14/h3-4,10-11,14H,2,5-9,12-13H2,1H3. The van der Waals surface area contributed by atoms with Gasteiger partial charge in [-0.1, -0.05) is 56.9 Å². The molecule has 0 bridgehead atoms. The van der Waals surface area contributed by atoms with Gasteiger partial charge in [-0.2, -0.15) is 0 Å². The van der Waals surface area contributed by atoms with Gasteiger partial charge in [-0.05, 0) is 37.2 Å². The summed E-state index contributed by atoms with van der Waals surface area (Å²) in [6.45, 7) is 2.19. The SMILES string of the molecule is CC1(C(=O)c2ccccc2C2CCC2)CCCCC1. The molecule has 1 aromatic carbocycles. The maximum absolute atomic E-state index is 13.0. The summed E-state index contributed by atoms with van der Waals surface area (Å²) < 4.78 is 0. The van der Waals surface area contributed by atoms with Crippen molar-refractivity contribution in [1.82, 2.24) is 0 Å². The van der Waals surface area contributed by atoms with Gasteiger partial charge >= 0.3 is 0 Å². The Kier molecular flexibility index (Phi) is 3.47. The van der Waals surface area contributed by atoms with Gasteiger partial charge in [0.1, 0.15) is 0 Å². The van der Waals surface area contributed by atoms with Crippen molar-refractivity contribution < 1.29 is 4.79 Å². The molecule has 19 heavy (non-hydrogen) atoms. The zero-order valence-corrected chi connectivity index (χ0v) is 12.0. The molecule has 0 saturated heterocycles. The fourth-order valence-corrected chi connectivity index (χ4v) is 3.66. The van der Waals surface area contributed by atoms with Crippen molar-refractivity contribution in [3.8, 4) is 0 Å². The predicted octanol–water partition coefficient (Wildman–Crippen LogP) is 5.11. The first-order valence-corrected chi connectivity index (χ1v) is 7.84. The first-order chi connectivity index (χ1) is 9.21. The van der Waals surface area contributed by atoms with Crippen molar-refractivity contribution in [1.29, 1.82) is 0 Å². The van der Waals surface area contributed by atoms with E-state index in [1.54, 1.807) is 0 Å². The van der Waals surface area contributed by atoms with E-state index in [1.165, 1.54) is 44.1 Å². The normalized spacial score (nSPS) is 22.8. The number of rotatable bonds is 3. The number of Topliss-reactive ketones (excluding diaryl/α,β-unsaturated/α-hetero) is 1. The quantitative estimate of drug-likeness (QED) is 0.687. The van der Waals surface area contributed by atoms with Gasteiger partial charge in [-0.25, -0.2) is 0 Å². The highest BCUT2D eigenvalue weighted by atomic mass is 16.1. The van der Waals surface area contributed by atoms with E-state index in [-0.39, 0.29) is 5.41 Å². The van der Waals surface area contributed by atoms with E-state index in [9.17, 15) is 4.79 Å². The smallest absolute Gasteiger partial charge is 0.169 e. The van der Waals surface area contributed by atoms with Crippen LogP contribution in [0.4, 0.5) is 0 Å². The van der Waals surface area contributed by atoms with Crippen LogP contribution in [-0.4, -0.2) is 5.78 Å². The Bertz CT molecular complexity index is 464. The summed E-state index contributed by atoms with van der Waals surface area (Å²) in [5.41, 5.74) is 2.25. The Hall–Kier alpha value is -1.11. The monoisotopic (exact) mass is 256 g/mol. The highest BCUT2D eigenvalue weighted by Crippen LogP contribution is 2.43. The van der Waals surface area contributed by atoms with Crippen LogP contribution in [0.1, 0.15) is 80.1 Å². The van der Waals surface area contributed by atoms with Crippen molar-refractivity contribution in [3.63, 3.8) is 0 Å². The lowest BCUT2D eigenvalue weighted by molar-refractivity contribution is 0.0747.